The Kier molecular flexibility index (Phi) is 3.63. The van der Waals surface area contributed by atoms with Gasteiger partial charge in [0.1, 0.15) is 0 Å². The summed E-state index contributed by atoms with van der Waals surface area (Å²) in [5, 5.41) is 5.59. The molecule has 0 aromatic carbocycles. The molecule has 1 nitrogen and oxygen atoms in total. The minimum absolute atomic E-state index is 0.740. The van der Waals surface area contributed by atoms with Crippen LogP contribution in [0.5, 0.6) is 0 Å². The molecule has 1 unspecified atom stereocenters. The smallest absolute Gasteiger partial charge is 0.0314 e. The van der Waals surface area contributed by atoms with E-state index in [4.69, 9.17) is 0 Å². The van der Waals surface area contributed by atoms with Gasteiger partial charge >= 0.3 is 0 Å². The van der Waals surface area contributed by atoms with Crippen molar-refractivity contribution < 1.29 is 0 Å². The summed E-state index contributed by atoms with van der Waals surface area (Å²) in [4.78, 5) is 1.49. The minimum atomic E-state index is 0.740. The monoisotopic (exact) mass is 273 g/mol. The van der Waals surface area contributed by atoms with Crippen molar-refractivity contribution in [2.75, 3.05) is 7.05 Å². The van der Waals surface area contributed by atoms with E-state index in [1.54, 1.807) is 0 Å². The average Bonchev–Trinajstić information content (AvgIpc) is 2.93. The van der Waals surface area contributed by atoms with Gasteiger partial charge in [0.15, 0.2) is 0 Å². The van der Waals surface area contributed by atoms with E-state index in [0.29, 0.717) is 0 Å². The zero-order chi connectivity index (χ0) is 9.97. The van der Waals surface area contributed by atoms with Crippen LogP contribution in [0.1, 0.15) is 24.1 Å². The molecule has 1 aromatic heterocycles. The third-order valence-corrected chi connectivity index (χ3v) is 4.92. The van der Waals surface area contributed by atoms with Gasteiger partial charge in [0.2, 0.25) is 0 Å². The van der Waals surface area contributed by atoms with Crippen molar-refractivity contribution in [2.45, 2.75) is 31.7 Å². The number of hydrogen-bond donors (Lipinski definition) is 1. The first-order chi connectivity index (χ1) is 6.81. The zero-order valence-electron chi connectivity index (χ0n) is 8.42. The maximum Gasteiger partial charge on any atom is 0.0314 e. The lowest BCUT2D eigenvalue weighted by atomic mass is 10.1. The van der Waals surface area contributed by atoms with Crippen LogP contribution < -0.4 is 5.32 Å². The Bertz CT molecular complexity index is 293. The molecule has 1 aliphatic rings. The molecule has 1 saturated carbocycles. The first kappa shape index (κ1) is 10.7. The molecule has 1 fully saturated rings. The van der Waals surface area contributed by atoms with E-state index in [-0.39, 0.29) is 0 Å². The average molecular weight is 274 g/mol. The van der Waals surface area contributed by atoms with Gasteiger partial charge in [-0.25, -0.2) is 0 Å². The van der Waals surface area contributed by atoms with Gasteiger partial charge in [-0.3, -0.25) is 0 Å². The number of nitrogens with one attached hydrogen (secondary N) is 1. The second-order valence-corrected chi connectivity index (χ2v) is 5.82. The summed E-state index contributed by atoms with van der Waals surface area (Å²) in [7, 11) is 2.09. The summed E-state index contributed by atoms with van der Waals surface area (Å²) in [6.07, 6.45) is 5.34. The van der Waals surface area contributed by atoms with Gasteiger partial charge in [0.25, 0.3) is 0 Å². The van der Waals surface area contributed by atoms with E-state index in [9.17, 15) is 0 Å². The highest BCUT2D eigenvalue weighted by atomic mass is 79.9. The number of hydrogen-bond acceptors (Lipinski definition) is 2. The first-order valence-electron chi connectivity index (χ1n) is 5.20. The highest BCUT2D eigenvalue weighted by molar-refractivity contribution is 9.10. The van der Waals surface area contributed by atoms with Gasteiger partial charge in [-0.2, -0.15) is 0 Å². The summed E-state index contributed by atoms with van der Waals surface area (Å²) in [6.45, 7) is 0. The molecule has 0 spiro atoms. The first-order valence-corrected chi connectivity index (χ1v) is 6.87. The van der Waals surface area contributed by atoms with Gasteiger partial charge in [0.05, 0.1) is 0 Å². The molecule has 1 aliphatic carbocycles. The van der Waals surface area contributed by atoms with Crippen LogP contribution in [-0.2, 0) is 6.42 Å². The van der Waals surface area contributed by atoms with E-state index < -0.39 is 0 Å². The molecule has 0 aliphatic heterocycles. The summed E-state index contributed by atoms with van der Waals surface area (Å²) < 4.78 is 1.29. The summed E-state index contributed by atoms with van der Waals surface area (Å²) in [6, 6.07) is 2.88. The molecule has 1 aromatic rings. The van der Waals surface area contributed by atoms with Crippen molar-refractivity contribution >= 4 is 27.3 Å². The predicted octanol–water partition coefficient (Wildman–Crippen LogP) is 3.44. The van der Waals surface area contributed by atoms with Crippen molar-refractivity contribution in [3.05, 3.63) is 20.8 Å². The van der Waals surface area contributed by atoms with Gasteiger partial charge in [-0.15, -0.1) is 11.3 Å². The van der Waals surface area contributed by atoms with Gasteiger partial charge < -0.3 is 5.32 Å². The predicted molar refractivity (Wildman–Crippen MR) is 65.9 cm³/mol. The number of thiophene rings is 1. The van der Waals surface area contributed by atoms with E-state index in [2.05, 4.69) is 39.7 Å². The molecule has 14 heavy (non-hydrogen) atoms. The third kappa shape index (κ3) is 2.59. The molecule has 1 atom stereocenters. The molecule has 0 bridgehead atoms. The third-order valence-electron chi connectivity index (χ3n) is 2.94. The molecule has 0 amide bonds. The fraction of sp³-hybridized carbons (Fsp3) is 0.636. The minimum Gasteiger partial charge on any atom is -0.317 e. The summed E-state index contributed by atoms with van der Waals surface area (Å²) in [5.41, 5.74) is 0. The second-order valence-electron chi connectivity index (χ2n) is 3.96. The van der Waals surface area contributed by atoms with Crippen molar-refractivity contribution in [2.24, 2.45) is 5.92 Å². The molecule has 0 radical (unpaired) electrons. The topological polar surface area (TPSA) is 12.0 Å². The Labute approximate surface area is 98.0 Å². The number of rotatable bonds is 5. The van der Waals surface area contributed by atoms with Crippen LogP contribution in [0, 0.1) is 5.92 Å². The van der Waals surface area contributed by atoms with E-state index in [1.807, 2.05) is 11.3 Å². The molecule has 0 saturated heterocycles. The highest BCUT2D eigenvalue weighted by Gasteiger charge is 2.29. The molecule has 78 valence electrons. The van der Waals surface area contributed by atoms with E-state index >= 15 is 0 Å². The number of halogens is 1. The molecule has 1 N–H and O–H groups in total. The van der Waals surface area contributed by atoms with E-state index in [0.717, 1.165) is 12.0 Å². The largest absolute Gasteiger partial charge is 0.317 e. The van der Waals surface area contributed by atoms with Crippen LogP contribution in [0.15, 0.2) is 15.9 Å². The Morgan fingerprint density at radius 1 is 1.64 bits per heavy atom. The Morgan fingerprint density at radius 3 is 2.93 bits per heavy atom. The van der Waals surface area contributed by atoms with Crippen molar-refractivity contribution in [1.29, 1.82) is 0 Å². The molecule has 3 heteroatoms. The Morgan fingerprint density at radius 2 is 2.43 bits per heavy atom. The number of aryl methyl sites for hydroxylation is 1. The normalized spacial score (nSPS) is 18.4. The van der Waals surface area contributed by atoms with Gasteiger partial charge in [-0.1, -0.05) is 0 Å². The van der Waals surface area contributed by atoms with Crippen molar-refractivity contribution in [3.63, 3.8) is 0 Å². The Balaban J connectivity index is 1.83. The fourth-order valence-electron chi connectivity index (χ4n) is 1.90. The lowest BCUT2D eigenvalue weighted by Crippen LogP contribution is -2.27. The zero-order valence-corrected chi connectivity index (χ0v) is 10.8. The SMILES string of the molecule is CNC(CCc1sccc1Br)C1CC1. The maximum atomic E-state index is 3.58. The lowest BCUT2D eigenvalue weighted by Gasteiger charge is -2.14. The van der Waals surface area contributed by atoms with Crippen LogP contribution in [0.25, 0.3) is 0 Å². The Hall–Kier alpha value is 0.140. The quantitative estimate of drug-likeness (QED) is 0.867. The summed E-state index contributed by atoms with van der Waals surface area (Å²) >= 11 is 5.44. The fourth-order valence-corrected chi connectivity index (χ4v) is 3.47. The van der Waals surface area contributed by atoms with Gasteiger partial charge in [0, 0.05) is 15.4 Å². The molecule has 1 heterocycles. The second kappa shape index (κ2) is 4.77. The lowest BCUT2D eigenvalue weighted by molar-refractivity contribution is 0.471. The standard InChI is InChI=1S/C11H16BrNS/c1-13-10(8-2-3-8)4-5-11-9(12)6-7-14-11/h6-8,10,13H,2-5H2,1H3. The van der Waals surface area contributed by atoms with Crippen molar-refractivity contribution in [1.82, 2.24) is 5.32 Å². The highest BCUT2D eigenvalue weighted by Crippen LogP contribution is 2.35. The molecule has 2 rings (SSSR count). The molecular weight excluding hydrogens is 258 g/mol. The van der Waals surface area contributed by atoms with Crippen LogP contribution in [-0.4, -0.2) is 13.1 Å². The molecular formula is C11H16BrNS. The van der Waals surface area contributed by atoms with Crippen LogP contribution >= 0.6 is 27.3 Å². The maximum absolute atomic E-state index is 3.58. The van der Waals surface area contributed by atoms with Crippen LogP contribution in [0.2, 0.25) is 0 Å². The van der Waals surface area contributed by atoms with Crippen LogP contribution in [0.3, 0.4) is 0 Å². The van der Waals surface area contributed by atoms with E-state index in [1.165, 1.54) is 35.0 Å². The van der Waals surface area contributed by atoms with Gasteiger partial charge in [-0.05, 0) is 66.0 Å². The summed E-state index contributed by atoms with van der Waals surface area (Å²) in [5.74, 6) is 0.957. The van der Waals surface area contributed by atoms with Crippen LogP contribution in [0.4, 0.5) is 0 Å². The van der Waals surface area contributed by atoms with Crippen molar-refractivity contribution in [3.8, 4) is 0 Å².